The summed E-state index contributed by atoms with van der Waals surface area (Å²) in [6.07, 6.45) is 15.0. The molecular formula is C18H34. The zero-order valence-electron chi connectivity index (χ0n) is 13.2. The molecular weight excluding hydrogens is 216 g/mol. The third-order valence-electron chi connectivity index (χ3n) is 6.74. The van der Waals surface area contributed by atoms with E-state index in [1.807, 2.05) is 0 Å². The third kappa shape index (κ3) is 3.11. The van der Waals surface area contributed by atoms with Crippen LogP contribution in [0.4, 0.5) is 0 Å². The molecule has 2 rings (SSSR count). The second kappa shape index (κ2) is 5.55. The van der Waals surface area contributed by atoms with Gasteiger partial charge in [-0.15, -0.1) is 0 Å². The number of rotatable bonds is 8. The van der Waals surface area contributed by atoms with Crippen LogP contribution in [0.2, 0.25) is 0 Å². The standard InChI is InChI=1S/C18H34/c1-5-17(4,6-2)15(3)14-18(11-7-12-18)13-10-16-8-9-16/h15-16H,5-14H2,1-4H3. The Kier molecular flexibility index (Phi) is 4.44. The van der Waals surface area contributed by atoms with Crippen molar-refractivity contribution in [1.82, 2.24) is 0 Å². The van der Waals surface area contributed by atoms with Gasteiger partial charge in [0.1, 0.15) is 0 Å². The minimum absolute atomic E-state index is 0.585. The normalized spacial score (nSPS) is 24.7. The van der Waals surface area contributed by atoms with E-state index >= 15 is 0 Å². The zero-order chi connectivity index (χ0) is 13.2. The molecule has 1 unspecified atom stereocenters. The monoisotopic (exact) mass is 250 g/mol. The number of hydrogen-bond donors (Lipinski definition) is 0. The van der Waals surface area contributed by atoms with Crippen LogP contribution in [-0.4, -0.2) is 0 Å². The Hall–Kier alpha value is 0. The molecule has 0 aromatic heterocycles. The van der Waals surface area contributed by atoms with Crippen LogP contribution in [0.25, 0.3) is 0 Å². The maximum atomic E-state index is 2.53. The molecule has 18 heavy (non-hydrogen) atoms. The third-order valence-corrected chi connectivity index (χ3v) is 6.74. The van der Waals surface area contributed by atoms with Gasteiger partial charge in [0.25, 0.3) is 0 Å². The highest BCUT2D eigenvalue weighted by Crippen LogP contribution is 2.54. The van der Waals surface area contributed by atoms with Gasteiger partial charge in [-0.25, -0.2) is 0 Å². The average molecular weight is 250 g/mol. The Morgan fingerprint density at radius 3 is 2.17 bits per heavy atom. The Bertz CT molecular complexity index is 253. The van der Waals surface area contributed by atoms with Crippen LogP contribution in [-0.2, 0) is 0 Å². The predicted molar refractivity (Wildman–Crippen MR) is 80.7 cm³/mol. The molecule has 2 aliphatic carbocycles. The second-order valence-corrected chi connectivity index (χ2v) is 7.80. The van der Waals surface area contributed by atoms with E-state index in [-0.39, 0.29) is 0 Å². The van der Waals surface area contributed by atoms with Crippen molar-refractivity contribution >= 4 is 0 Å². The fourth-order valence-corrected chi connectivity index (χ4v) is 3.99. The lowest BCUT2D eigenvalue weighted by Gasteiger charge is -2.47. The smallest absolute Gasteiger partial charge is 0.0295 e. The maximum absolute atomic E-state index is 2.53. The fraction of sp³-hybridized carbons (Fsp3) is 1.00. The molecule has 2 aliphatic rings. The average Bonchev–Trinajstić information content (AvgIpc) is 3.15. The van der Waals surface area contributed by atoms with Crippen LogP contribution in [0.1, 0.15) is 91.9 Å². The highest BCUT2D eigenvalue weighted by Gasteiger charge is 2.41. The summed E-state index contributed by atoms with van der Waals surface area (Å²) < 4.78 is 0. The largest absolute Gasteiger partial charge is 0.0649 e. The van der Waals surface area contributed by atoms with Gasteiger partial charge in [0.15, 0.2) is 0 Å². The van der Waals surface area contributed by atoms with Gasteiger partial charge in [-0.1, -0.05) is 59.8 Å². The van der Waals surface area contributed by atoms with Crippen molar-refractivity contribution in [2.45, 2.75) is 91.9 Å². The Balaban J connectivity index is 1.87. The molecule has 0 bridgehead atoms. The second-order valence-electron chi connectivity index (χ2n) is 7.80. The minimum atomic E-state index is 0.585. The van der Waals surface area contributed by atoms with Crippen molar-refractivity contribution in [1.29, 1.82) is 0 Å². The molecule has 2 saturated carbocycles. The van der Waals surface area contributed by atoms with E-state index in [1.165, 1.54) is 51.4 Å². The summed E-state index contributed by atoms with van der Waals surface area (Å²) in [6, 6.07) is 0. The van der Waals surface area contributed by atoms with Gasteiger partial charge in [0.05, 0.1) is 0 Å². The summed E-state index contributed by atoms with van der Waals surface area (Å²) in [7, 11) is 0. The van der Waals surface area contributed by atoms with Gasteiger partial charge in [0.2, 0.25) is 0 Å². The van der Waals surface area contributed by atoms with Crippen LogP contribution >= 0.6 is 0 Å². The van der Waals surface area contributed by atoms with Gasteiger partial charge in [-0.3, -0.25) is 0 Å². The fourth-order valence-electron chi connectivity index (χ4n) is 3.99. The zero-order valence-corrected chi connectivity index (χ0v) is 13.2. The first-order chi connectivity index (χ1) is 8.53. The summed E-state index contributed by atoms with van der Waals surface area (Å²) in [5.74, 6) is 2.04. The maximum Gasteiger partial charge on any atom is -0.0295 e. The van der Waals surface area contributed by atoms with Crippen LogP contribution in [0.3, 0.4) is 0 Å². The lowest BCUT2D eigenvalue weighted by Crippen LogP contribution is -2.36. The molecule has 0 aromatic rings. The van der Waals surface area contributed by atoms with Gasteiger partial charge in [-0.2, -0.15) is 0 Å². The highest BCUT2D eigenvalue weighted by atomic mass is 14.5. The van der Waals surface area contributed by atoms with Gasteiger partial charge >= 0.3 is 0 Å². The lowest BCUT2D eigenvalue weighted by molar-refractivity contribution is 0.0374. The quantitative estimate of drug-likeness (QED) is 0.481. The Morgan fingerprint density at radius 2 is 1.78 bits per heavy atom. The number of hydrogen-bond acceptors (Lipinski definition) is 0. The van der Waals surface area contributed by atoms with Gasteiger partial charge in [-0.05, 0) is 54.8 Å². The highest BCUT2D eigenvalue weighted by molar-refractivity contribution is 4.93. The van der Waals surface area contributed by atoms with Crippen molar-refractivity contribution in [3.63, 3.8) is 0 Å². The molecule has 0 amide bonds. The van der Waals surface area contributed by atoms with E-state index in [1.54, 1.807) is 12.8 Å². The molecule has 0 heteroatoms. The van der Waals surface area contributed by atoms with Gasteiger partial charge < -0.3 is 0 Å². The van der Waals surface area contributed by atoms with Crippen molar-refractivity contribution < 1.29 is 0 Å². The van der Waals surface area contributed by atoms with E-state index in [2.05, 4.69) is 27.7 Å². The summed E-state index contributed by atoms with van der Waals surface area (Å²) >= 11 is 0. The summed E-state index contributed by atoms with van der Waals surface area (Å²) in [5.41, 5.74) is 1.36. The Morgan fingerprint density at radius 1 is 1.17 bits per heavy atom. The molecule has 2 fully saturated rings. The topological polar surface area (TPSA) is 0 Å². The summed E-state index contributed by atoms with van der Waals surface area (Å²) in [6.45, 7) is 9.82. The van der Waals surface area contributed by atoms with Crippen LogP contribution in [0.5, 0.6) is 0 Å². The van der Waals surface area contributed by atoms with Crippen LogP contribution in [0.15, 0.2) is 0 Å². The van der Waals surface area contributed by atoms with Crippen LogP contribution in [0, 0.1) is 22.7 Å². The molecule has 0 aliphatic heterocycles. The Labute approximate surface area is 115 Å². The minimum Gasteiger partial charge on any atom is -0.0649 e. The molecule has 0 aromatic carbocycles. The summed E-state index contributed by atoms with van der Waals surface area (Å²) in [4.78, 5) is 0. The van der Waals surface area contributed by atoms with E-state index in [0.717, 1.165) is 17.3 Å². The van der Waals surface area contributed by atoms with E-state index in [0.29, 0.717) is 5.41 Å². The molecule has 1 atom stereocenters. The molecule has 0 N–H and O–H groups in total. The van der Waals surface area contributed by atoms with E-state index < -0.39 is 0 Å². The van der Waals surface area contributed by atoms with Crippen LogP contribution < -0.4 is 0 Å². The molecule has 106 valence electrons. The lowest BCUT2D eigenvalue weighted by atomic mass is 9.58. The predicted octanol–water partition coefficient (Wildman–Crippen LogP) is 6.20. The van der Waals surface area contributed by atoms with Crippen molar-refractivity contribution in [2.24, 2.45) is 22.7 Å². The molecule has 0 spiro atoms. The van der Waals surface area contributed by atoms with Crippen molar-refractivity contribution in [3.8, 4) is 0 Å². The van der Waals surface area contributed by atoms with Crippen molar-refractivity contribution in [2.75, 3.05) is 0 Å². The molecule has 0 nitrogen and oxygen atoms in total. The molecule has 0 radical (unpaired) electrons. The molecule has 0 saturated heterocycles. The van der Waals surface area contributed by atoms with Gasteiger partial charge in [0, 0.05) is 0 Å². The first-order valence-corrected chi connectivity index (χ1v) is 8.53. The molecule has 0 heterocycles. The first kappa shape index (κ1) is 14.4. The van der Waals surface area contributed by atoms with E-state index in [9.17, 15) is 0 Å². The SMILES string of the molecule is CCC(C)(CC)C(C)CC1(CCC2CC2)CCC1. The first-order valence-electron chi connectivity index (χ1n) is 8.53. The van der Waals surface area contributed by atoms with E-state index in [4.69, 9.17) is 0 Å². The summed E-state index contributed by atoms with van der Waals surface area (Å²) in [5, 5.41) is 0. The van der Waals surface area contributed by atoms with Crippen molar-refractivity contribution in [3.05, 3.63) is 0 Å².